The summed E-state index contributed by atoms with van der Waals surface area (Å²) < 4.78 is 0. The lowest BCUT2D eigenvalue weighted by Gasteiger charge is -2.28. The van der Waals surface area contributed by atoms with Crippen LogP contribution in [-0.4, -0.2) is 65.4 Å². The molecular formula is C32H36N6O5. The van der Waals surface area contributed by atoms with Gasteiger partial charge in [-0.3, -0.25) is 29.5 Å². The Balaban J connectivity index is 1.60. The molecule has 0 aliphatic carbocycles. The zero-order valence-corrected chi connectivity index (χ0v) is 23.8. The van der Waals surface area contributed by atoms with Crippen molar-refractivity contribution in [3.05, 3.63) is 83.9 Å². The van der Waals surface area contributed by atoms with Crippen molar-refractivity contribution in [3.8, 4) is 0 Å². The Labute approximate surface area is 249 Å². The summed E-state index contributed by atoms with van der Waals surface area (Å²) in [5, 5.41) is 17.3. The Morgan fingerprint density at radius 1 is 0.884 bits per heavy atom. The van der Waals surface area contributed by atoms with Crippen molar-refractivity contribution in [1.29, 1.82) is 5.41 Å². The SMILES string of the molecule is N=C(N)NCCC[C@@H](C=O)NC(=O)[C@H](Cc1cccc2ccccc12)NC(=O)[C@@H](Cc1ccccc1)N1C(=O)CCC1=O. The Kier molecular flexibility index (Phi) is 10.6. The van der Waals surface area contributed by atoms with Gasteiger partial charge in [0.05, 0.1) is 6.04 Å². The van der Waals surface area contributed by atoms with E-state index in [0.717, 1.165) is 26.8 Å². The van der Waals surface area contributed by atoms with Crippen LogP contribution in [0, 0.1) is 5.41 Å². The zero-order valence-electron chi connectivity index (χ0n) is 23.8. The first-order valence-electron chi connectivity index (χ1n) is 14.3. The Bertz CT molecular complexity index is 1470. The molecule has 0 spiro atoms. The number of rotatable bonds is 14. The molecule has 43 heavy (non-hydrogen) atoms. The van der Waals surface area contributed by atoms with Gasteiger partial charge in [-0.05, 0) is 34.7 Å². The van der Waals surface area contributed by atoms with Crippen molar-refractivity contribution < 1.29 is 24.0 Å². The van der Waals surface area contributed by atoms with Crippen LogP contribution in [0.5, 0.6) is 0 Å². The number of hydrogen-bond acceptors (Lipinski definition) is 6. The first-order chi connectivity index (χ1) is 20.8. The number of likely N-dealkylation sites (tertiary alicyclic amines) is 1. The molecule has 0 aromatic heterocycles. The van der Waals surface area contributed by atoms with Crippen LogP contribution >= 0.6 is 0 Å². The van der Waals surface area contributed by atoms with Crippen LogP contribution in [0.3, 0.4) is 0 Å². The number of nitrogens with zero attached hydrogens (tertiary/aromatic N) is 1. The number of hydrogen-bond donors (Lipinski definition) is 5. The van der Waals surface area contributed by atoms with Crippen LogP contribution in [0.1, 0.15) is 36.8 Å². The van der Waals surface area contributed by atoms with Crippen LogP contribution in [0.25, 0.3) is 10.8 Å². The predicted octanol–water partition coefficient (Wildman–Crippen LogP) is 1.57. The first-order valence-corrected chi connectivity index (χ1v) is 14.3. The quantitative estimate of drug-likeness (QED) is 0.0628. The van der Waals surface area contributed by atoms with Crippen molar-refractivity contribution in [2.24, 2.45) is 5.73 Å². The largest absolute Gasteiger partial charge is 0.370 e. The van der Waals surface area contributed by atoms with Crippen molar-refractivity contribution in [3.63, 3.8) is 0 Å². The summed E-state index contributed by atoms with van der Waals surface area (Å²) in [4.78, 5) is 65.8. The highest BCUT2D eigenvalue weighted by Gasteiger charge is 2.40. The standard InChI is InChI=1S/C32H36N6O5/c33-32(34)35-17-7-13-24(20-39)36-30(42)26(19-23-12-6-11-22-10-4-5-14-25(22)23)37-31(43)27(18-21-8-2-1-3-9-21)38-28(40)15-16-29(38)41/h1-6,8-12,14,20,24,26-27H,7,13,15-19H2,(H,36,42)(H,37,43)(H4,33,34,35)/t24-,26-,27+/m0/s1. The zero-order chi connectivity index (χ0) is 30.8. The smallest absolute Gasteiger partial charge is 0.244 e. The molecule has 3 aromatic carbocycles. The van der Waals surface area contributed by atoms with Gasteiger partial charge in [0.1, 0.15) is 18.4 Å². The van der Waals surface area contributed by atoms with E-state index >= 15 is 0 Å². The second-order valence-corrected chi connectivity index (χ2v) is 10.5. The van der Waals surface area contributed by atoms with E-state index in [1.54, 1.807) is 24.3 Å². The van der Waals surface area contributed by atoms with Gasteiger partial charge in [-0.1, -0.05) is 72.8 Å². The van der Waals surface area contributed by atoms with E-state index in [-0.39, 0.29) is 38.1 Å². The summed E-state index contributed by atoms with van der Waals surface area (Å²) in [6, 6.07) is 19.3. The van der Waals surface area contributed by atoms with E-state index in [9.17, 15) is 24.0 Å². The third-order valence-electron chi connectivity index (χ3n) is 7.41. The Morgan fingerprint density at radius 3 is 2.26 bits per heavy atom. The molecule has 224 valence electrons. The fraction of sp³-hybridized carbons (Fsp3) is 0.312. The molecule has 6 N–H and O–H groups in total. The highest BCUT2D eigenvalue weighted by atomic mass is 16.2. The number of nitrogens with two attached hydrogens (primary N) is 1. The van der Waals surface area contributed by atoms with Crippen molar-refractivity contribution in [1.82, 2.24) is 20.9 Å². The summed E-state index contributed by atoms with van der Waals surface area (Å²) in [7, 11) is 0. The van der Waals surface area contributed by atoms with Gasteiger partial charge in [-0.25, -0.2) is 0 Å². The van der Waals surface area contributed by atoms with E-state index in [2.05, 4.69) is 16.0 Å². The van der Waals surface area contributed by atoms with Crippen molar-refractivity contribution >= 4 is 46.6 Å². The number of fused-ring (bicyclic) bond motifs is 1. The summed E-state index contributed by atoms with van der Waals surface area (Å²) in [5.41, 5.74) is 6.86. The second-order valence-electron chi connectivity index (χ2n) is 10.5. The molecule has 1 heterocycles. The molecule has 1 fully saturated rings. The minimum absolute atomic E-state index is 0.0246. The number of carbonyl (C=O) groups excluding carboxylic acids is 5. The molecule has 0 radical (unpaired) electrons. The average Bonchev–Trinajstić information content (AvgIpc) is 3.34. The summed E-state index contributed by atoms with van der Waals surface area (Å²) in [5.74, 6) is -2.27. The molecule has 11 heteroatoms. The Hall–Kier alpha value is -5.06. The molecule has 1 saturated heterocycles. The monoisotopic (exact) mass is 584 g/mol. The van der Waals surface area contributed by atoms with Crippen molar-refractivity contribution in [2.45, 2.75) is 56.7 Å². The fourth-order valence-electron chi connectivity index (χ4n) is 5.25. The summed E-state index contributed by atoms with van der Waals surface area (Å²) in [6.07, 6.45) is 1.62. The van der Waals surface area contributed by atoms with E-state index in [0.29, 0.717) is 19.3 Å². The third-order valence-corrected chi connectivity index (χ3v) is 7.41. The maximum absolute atomic E-state index is 13.9. The molecular weight excluding hydrogens is 548 g/mol. The maximum atomic E-state index is 13.9. The lowest BCUT2D eigenvalue weighted by molar-refractivity contribution is -0.147. The number of imide groups is 1. The van der Waals surface area contributed by atoms with E-state index in [1.807, 2.05) is 48.5 Å². The van der Waals surface area contributed by atoms with Gasteiger partial charge < -0.3 is 26.5 Å². The Morgan fingerprint density at radius 2 is 1.56 bits per heavy atom. The topological polar surface area (TPSA) is 175 Å². The minimum atomic E-state index is -1.15. The van der Waals surface area contributed by atoms with E-state index in [1.165, 1.54) is 0 Å². The molecule has 4 rings (SSSR count). The number of aldehydes is 1. The van der Waals surface area contributed by atoms with Crippen LogP contribution in [0.15, 0.2) is 72.8 Å². The van der Waals surface area contributed by atoms with Gasteiger partial charge in [-0.2, -0.15) is 0 Å². The molecule has 0 saturated carbocycles. The average molecular weight is 585 g/mol. The number of carbonyl (C=O) groups is 5. The molecule has 4 amide bonds. The molecule has 3 atom stereocenters. The number of amides is 4. The lowest BCUT2D eigenvalue weighted by Crippen LogP contribution is -2.57. The van der Waals surface area contributed by atoms with Crippen LogP contribution in [0.2, 0.25) is 0 Å². The first kappa shape index (κ1) is 30.9. The second kappa shape index (κ2) is 14.7. The molecule has 0 bridgehead atoms. The summed E-state index contributed by atoms with van der Waals surface area (Å²) >= 11 is 0. The fourth-order valence-corrected chi connectivity index (χ4v) is 5.25. The van der Waals surface area contributed by atoms with Gasteiger partial charge in [0.15, 0.2) is 5.96 Å². The van der Waals surface area contributed by atoms with Crippen LogP contribution in [0.4, 0.5) is 0 Å². The van der Waals surface area contributed by atoms with Gasteiger partial charge in [0.2, 0.25) is 23.6 Å². The van der Waals surface area contributed by atoms with E-state index in [4.69, 9.17) is 11.1 Å². The van der Waals surface area contributed by atoms with Gasteiger partial charge >= 0.3 is 0 Å². The number of nitrogens with one attached hydrogen (secondary N) is 4. The van der Waals surface area contributed by atoms with Crippen molar-refractivity contribution in [2.75, 3.05) is 6.54 Å². The highest BCUT2D eigenvalue weighted by Crippen LogP contribution is 2.22. The lowest BCUT2D eigenvalue weighted by atomic mass is 9.97. The molecule has 1 aliphatic rings. The molecule has 3 aromatic rings. The third kappa shape index (κ3) is 8.25. The molecule has 11 nitrogen and oxygen atoms in total. The van der Waals surface area contributed by atoms with Crippen LogP contribution < -0.4 is 21.7 Å². The maximum Gasteiger partial charge on any atom is 0.244 e. The summed E-state index contributed by atoms with van der Waals surface area (Å²) in [6.45, 7) is 0.352. The minimum Gasteiger partial charge on any atom is -0.370 e. The van der Waals surface area contributed by atoms with Crippen LogP contribution in [-0.2, 0) is 36.8 Å². The van der Waals surface area contributed by atoms with Gasteiger partial charge in [0, 0.05) is 32.2 Å². The molecule has 1 aliphatic heterocycles. The molecule has 0 unspecified atom stereocenters. The normalized spacial score (nSPS) is 15.0. The predicted molar refractivity (Wildman–Crippen MR) is 162 cm³/mol. The number of guanidine groups is 1. The van der Waals surface area contributed by atoms with Gasteiger partial charge in [-0.15, -0.1) is 0 Å². The number of benzene rings is 3. The van der Waals surface area contributed by atoms with Gasteiger partial charge in [0.25, 0.3) is 0 Å². The highest BCUT2D eigenvalue weighted by molar-refractivity contribution is 6.06. The van der Waals surface area contributed by atoms with E-state index < -0.39 is 41.8 Å².